The van der Waals surface area contributed by atoms with Gasteiger partial charge in [0.2, 0.25) is 0 Å². The van der Waals surface area contributed by atoms with Crippen LogP contribution >= 0.6 is 0 Å². The van der Waals surface area contributed by atoms with Gasteiger partial charge in [-0.2, -0.15) is 0 Å². The van der Waals surface area contributed by atoms with Gasteiger partial charge in [0.1, 0.15) is 5.75 Å². The molecule has 0 spiro atoms. The van der Waals surface area contributed by atoms with Crippen molar-refractivity contribution < 1.29 is 4.74 Å². The normalized spacial score (nSPS) is 12.8. The topological polar surface area (TPSA) is 47.3 Å². The largest absolute Gasteiger partial charge is 0.494 e. The van der Waals surface area contributed by atoms with Crippen LogP contribution < -0.4 is 16.0 Å². The van der Waals surface area contributed by atoms with Crippen molar-refractivity contribution >= 4 is 0 Å². The quantitative estimate of drug-likeness (QED) is 0.565. The highest BCUT2D eigenvalue weighted by Gasteiger charge is 2.21. The molecule has 0 saturated carbocycles. The molecule has 0 aliphatic rings. The number of hydrogen-bond donors (Lipinski definition) is 2. The summed E-state index contributed by atoms with van der Waals surface area (Å²) in [5.74, 6) is 7.18. The second-order valence-corrected chi connectivity index (χ2v) is 4.19. The molecule has 0 amide bonds. The Balaban J connectivity index is 3.01. The lowest BCUT2D eigenvalue weighted by Crippen LogP contribution is -2.33. The molecule has 1 atom stereocenters. The van der Waals surface area contributed by atoms with Gasteiger partial charge in [0.05, 0.1) is 12.6 Å². The standard InChI is InChI=1S/C14H24N2O/c1-4-11(5-2)14(16-15)12-9-7-8-10-13(12)17-6-3/h7-11,14,16H,4-6,15H2,1-3H3. The summed E-state index contributed by atoms with van der Waals surface area (Å²) < 4.78 is 5.66. The molecular weight excluding hydrogens is 212 g/mol. The fourth-order valence-corrected chi connectivity index (χ4v) is 2.26. The van der Waals surface area contributed by atoms with Crippen LogP contribution in [-0.2, 0) is 0 Å². The lowest BCUT2D eigenvalue weighted by molar-refractivity contribution is 0.306. The third-order valence-corrected chi connectivity index (χ3v) is 3.25. The van der Waals surface area contributed by atoms with Crippen molar-refractivity contribution in [3.8, 4) is 5.75 Å². The van der Waals surface area contributed by atoms with Gasteiger partial charge >= 0.3 is 0 Å². The Labute approximate surface area is 104 Å². The Kier molecular flexibility index (Phi) is 6.01. The van der Waals surface area contributed by atoms with E-state index in [1.165, 1.54) is 0 Å². The maximum absolute atomic E-state index is 5.72. The van der Waals surface area contributed by atoms with E-state index in [9.17, 15) is 0 Å². The van der Waals surface area contributed by atoms with Crippen LogP contribution in [0.1, 0.15) is 45.2 Å². The number of hydrazine groups is 1. The van der Waals surface area contributed by atoms with Gasteiger partial charge in [0.15, 0.2) is 0 Å². The van der Waals surface area contributed by atoms with Crippen LogP contribution in [0.2, 0.25) is 0 Å². The van der Waals surface area contributed by atoms with Crippen LogP contribution in [0.5, 0.6) is 5.75 Å². The first-order valence-electron chi connectivity index (χ1n) is 6.46. The second kappa shape index (κ2) is 7.30. The molecule has 3 heteroatoms. The summed E-state index contributed by atoms with van der Waals surface area (Å²) >= 11 is 0. The molecule has 0 bridgehead atoms. The maximum Gasteiger partial charge on any atom is 0.124 e. The molecule has 96 valence electrons. The van der Waals surface area contributed by atoms with E-state index in [1.807, 2.05) is 25.1 Å². The lowest BCUT2D eigenvalue weighted by Gasteiger charge is -2.26. The van der Waals surface area contributed by atoms with Crippen molar-refractivity contribution in [2.45, 2.75) is 39.7 Å². The second-order valence-electron chi connectivity index (χ2n) is 4.19. The van der Waals surface area contributed by atoms with Crippen LogP contribution in [0.15, 0.2) is 24.3 Å². The summed E-state index contributed by atoms with van der Waals surface area (Å²) in [6.45, 7) is 7.07. The van der Waals surface area contributed by atoms with Crippen molar-refractivity contribution in [1.29, 1.82) is 0 Å². The zero-order chi connectivity index (χ0) is 12.7. The molecule has 0 aromatic heterocycles. The van der Waals surface area contributed by atoms with E-state index in [1.54, 1.807) is 0 Å². The molecular formula is C14H24N2O. The Morgan fingerprint density at radius 1 is 1.18 bits per heavy atom. The third-order valence-electron chi connectivity index (χ3n) is 3.25. The maximum atomic E-state index is 5.72. The summed E-state index contributed by atoms with van der Waals surface area (Å²) in [7, 11) is 0. The minimum atomic E-state index is 0.160. The van der Waals surface area contributed by atoms with Crippen molar-refractivity contribution in [2.75, 3.05) is 6.61 Å². The number of benzene rings is 1. The minimum Gasteiger partial charge on any atom is -0.494 e. The predicted molar refractivity (Wildman–Crippen MR) is 71.7 cm³/mol. The smallest absolute Gasteiger partial charge is 0.124 e. The average molecular weight is 236 g/mol. The molecule has 0 radical (unpaired) electrons. The van der Waals surface area contributed by atoms with Gasteiger partial charge in [0.25, 0.3) is 0 Å². The molecule has 17 heavy (non-hydrogen) atoms. The molecule has 3 N–H and O–H groups in total. The van der Waals surface area contributed by atoms with Crippen LogP contribution in [0.3, 0.4) is 0 Å². The van der Waals surface area contributed by atoms with Crippen molar-refractivity contribution in [1.82, 2.24) is 5.43 Å². The van der Waals surface area contributed by atoms with Crippen LogP contribution in [0, 0.1) is 5.92 Å². The molecule has 0 fully saturated rings. The molecule has 0 aliphatic carbocycles. The highest BCUT2D eigenvalue weighted by Crippen LogP contribution is 2.32. The monoisotopic (exact) mass is 236 g/mol. The fraction of sp³-hybridized carbons (Fsp3) is 0.571. The molecule has 3 nitrogen and oxygen atoms in total. The van der Waals surface area contributed by atoms with Crippen molar-refractivity contribution in [3.63, 3.8) is 0 Å². The van der Waals surface area contributed by atoms with E-state index in [-0.39, 0.29) is 6.04 Å². The first-order valence-corrected chi connectivity index (χ1v) is 6.46. The Morgan fingerprint density at radius 2 is 1.82 bits per heavy atom. The van der Waals surface area contributed by atoms with Gasteiger partial charge in [0, 0.05) is 5.56 Å². The highest BCUT2D eigenvalue weighted by molar-refractivity contribution is 5.36. The molecule has 1 aromatic rings. The SMILES string of the molecule is CCOc1ccccc1C(NN)C(CC)CC. The first-order chi connectivity index (χ1) is 8.28. The van der Waals surface area contributed by atoms with Gasteiger partial charge in [-0.25, -0.2) is 0 Å². The van der Waals surface area contributed by atoms with Crippen LogP contribution in [-0.4, -0.2) is 6.61 Å². The van der Waals surface area contributed by atoms with Crippen LogP contribution in [0.25, 0.3) is 0 Å². The summed E-state index contributed by atoms with van der Waals surface area (Å²) in [4.78, 5) is 0. The number of para-hydroxylation sites is 1. The van der Waals surface area contributed by atoms with E-state index in [0.717, 1.165) is 24.2 Å². The van der Waals surface area contributed by atoms with Gasteiger partial charge in [-0.3, -0.25) is 11.3 Å². The zero-order valence-electron chi connectivity index (χ0n) is 11.1. The van der Waals surface area contributed by atoms with Gasteiger partial charge < -0.3 is 4.74 Å². The predicted octanol–water partition coefficient (Wildman–Crippen LogP) is 3.03. The van der Waals surface area contributed by atoms with Gasteiger partial charge in [-0.15, -0.1) is 0 Å². The lowest BCUT2D eigenvalue weighted by atomic mass is 9.89. The molecule has 0 heterocycles. The van der Waals surface area contributed by atoms with Gasteiger partial charge in [-0.05, 0) is 18.9 Å². The highest BCUT2D eigenvalue weighted by atomic mass is 16.5. The fourth-order valence-electron chi connectivity index (χ4n) is 2.26. The molecule has 0 saturated heterocycles. The first kappa shape index (κ1) is 14.0. The third kappa shape index (κ3) is 3.45. The van der Waals surface area contributed by atoms with E-state index in [4.69, 9.17) is 10.6 Å². The van der Waals surface area contributed by atoms with E-state index >= 15 is 0 Å². The number of nitrogens with two attached hydrogens (primary N) is 1. The molecule has 1 unspecified atom stereocenters. The van der Waals surface area contributed by atoms with E-state index in [2.05, 4.69) is 25.3 Å². The number of rotatable bonds is 7. The minimum absolute atomic E-state index is 0.160. The zero-order valence-corrected chi connectivity index (χ0v) is 11.1. The van der Waals surface area contributed by atoms with Crippen molar-refractivity contribution in [2.24, 2.45) is 11.8 Å². The van der Waals surface area contributed by atoms with Gasteiger partial charge in [-0.1, -0.05) is 44.9 Å². The summed E-state index contributed by atoms with van der Waals surface area (Å²) in [6.07, 6.45) is 2.21. The average Bonchev–Trinajstić information content (AvgIpc) is 2.37. The Morgan fingerprint density at radius 3 is 2.35 bits per heavy atom. The van der Waals surface area contributed by atoms with E-state index in [0.29, 0.717) is 12.5 Å². The van der Waals surface area contributed by atoms with Crippen LogP contribution in [0.4, 0.5) is 0 Å². The summed E-state index contributed by atoms with van der Waals surface area (Å²) in [6, 6.07) is 8.28. The van der Waals surface area contributed by atoms with Crippen molar-refractivity contribution in [3.05, 3.63) is 29.8 Å². The molecule has 1 aromatic carbocycles. The van der Waals surface area contributed by atoms with E-state index < -0.39 is 0 Å². The number of nitrogens with one attached hydrogen (secondary N) is 1. The Bertz CT molecular complexity index is 324. The molecule has 1 rings (SSSR count). The number of ether oxygens (including phenoxy) is 1. The summed E-state index contributed by atoms with van der Waals surface area (Å²) in [5, 5.41) is 0. The Hall–Kier alpha value is -1.06. The number of hydrogen-bond acceptors (Lipinski definition) is 3. The summed E-state index contributed by atoms with van der Waals surface area (Å²) in [5.41, 5.74) is 4.10. The molecule has 0 aliphatic heterocycles.